The van der Waals surface area contributed by atoms with Crippen molar-refractivity contribution in [1.82, 2.24) is 19.5 Å². The molecule has 0 aliphatic rings. The van der Waals surface area contributed by atoms with E-state index in [9.17, 15) is 0 Å². The van der Waals surface area contributed by atoms with Crippen molar-refractivity contribution in [3.8, 4) is 39.6 Å². The number of benzene rings is 6. The Hall–Kier alpha value is -5.66. The molecule has 68 heavy (non-hydrogen) atoms. The molecule has 0 amide bonds. The fourth-order valence-electron chi connectivity index (χ4n) is 9.95. The van der Waals surface area contributed by atoms with Crippen LogP contribution in [0.25, 0.3) is 83.5 Å². The van der Waals surface area contributed by atoms with Gasteiger partial charge in [0.2, 0.25) is 5.71 Å². The summed E-state index contributed by atoms with van der Waals surface area (Å²) in [6.45, 7) is 20.1. The molecule has 0 aliphatic carbocycles. The quantitative estimate of drug-likeness (QED) is 0.107. The Morgan fingerprint density at radius 3 is 2.10 bits per heavy atom. The number of hydrogen-bond acceptors (Lipinski definition) is 4. The zero-order valence-electron chi connectivity index (χ0n) is 41.6. The van der Waals surface area contributed by atoms with Crippen LogP contribution >= 0.6 is 0 Å². The molecule has 10 aromatic rings. The Balaban J connectivity index is 0.000000251. The number of fused-ring (bicyclic) bond motifs is 5. The maximum Gasteiger partial charge on any atom is 0.216 e. The van der Waals surface area contributed by atoms with Crippen molar-refractivity contribution in [3.63, 3.8) is 0 Å². The minimum Gasteiger partial charge on any atom is -0.486 e. The van der Waals surface area contributed by atoms with Gasteiger partial charge in [-0.15, -0.1) is 17.7 Å². The van der Waals surface area contributed by atoms with Gasteiger partial charge in [0.1, 0.15) is 0 Å². The molecule has 7 heteroatoms. The molecule has 10 rings (SSSR count). The van der Waals surface area contributed by atoms with Gasteiger partial charge in [0.05, 0.1) is 28.1 Å². The molecular weight excluding hydrogens is 1070 g/mol. The number of nitrogens with zero attached hydrogens (tertiary/aromatic N) is 4. The first-order valence-corrected chi connectivity index (χ1v) is 31.3. The van der Waals surface area contributed by atoms with Gasteiger partial charge in [0.25, 0.3) is 0 Å². The third-order valence-corrected chi connectivity index (χ3v) is 17.4. The van der Waals surface area contributed by atoms with E-state index in [2.05, 4.69) is 206 Å². The molecule has 0 unspecified atom stereocenters. The van der Waals surface area contributed by atoms with Gasteiger partial charge in [-0.05, 0) is 89.0 Å². The Labute approximate surface area is 419 Å². The Kier molecular flexibility index (Phi) is 14.2. The first-order valence-electron chi connectivity index (χ1n) is 23.9. The minimum absolute atomic E-state index is 0. The summed E-state index contributed by atoms with van der Waals surface area (Å²) in [6.07, 6.45) is 3.27. The van der Waals surface area contributed by atoms with E-state index >= 15 is 0 Å². The van der Waals surface area contributed by atoms with Crippen LogP contribution in [0.3, 0.4) is 0 Å². The summed E-state index contributed by atoms with van der Waals surface area (Å²) in [5.74, 6) is 9.39. The van der Waals surface area contributed by atoms with Crippen LogP contribution in [0.2, 0.25) is 17.3 Å². The predicted octanol–water partition coefficient (Wildman–Crippen LogP) is 16.1. The van der Waals surface area contributed by atoms with E-state index in [4.69, 9.17) is 19.4 Å². The van der Waals surface area contributed by atoms with E-state index in [1.54, 1.807) is 4.40 Å². The summed E-state index contributed by atoms with van der Waals surface area (Å²) in [5.41, 5.74) is 17.3. The Morgan fingerprint density at radius 1 is 0.691 bits per heavy atom. The molecule has 6 aromatic carbocycles. The monoisotopic (exact) mass is 1130 g/mol. The number of para-hydroxylation sites is 2. The second-order valence-electron chi connectivity index (χ2n) is 20.3. The van der Waals surface area contributed by atoms with E-state index in [0.717, 1.165) is 73.3 Å². The zero-order valence-corrected chi connectivity index (χ0v) is 46.1. The van der Waals surface area contributed by atoms with Crippen molar-refractivity contribution in [2.45, 2.75) is 97.8 Å². The average Bonchev–Trinajstić information content (AvgIpc) is 3.87. The second-order valence-corrected chi connectivity index (χ2v) is 30.9. The number of furan rings is 1. The van der Waals surface area contributed by atoms with E-state index in [1.165, 1.54) is 44.3 Å². The fraction of sp³-hybridized carbons (Fsp3) is 0.262. The first-order chi connectivity index (χ1) is 32.1. The van der Waals surface area contributed by atoms with Gasteiger partial charge in [0.15, 0.2) is 0 Å². The van der Waals surface area contributed by atoms with Crippen molar-refractivity contribution in [2.24, 2.45) is 5.92 Å². The van der Waals surface area contributed by atoms with Crippen LogP contribution in [0.15, 0.2) is 132 Å². The number of pyridine rings is 2. The first kappa shape index (κ1) is 48.8. The molecule has 1 radical (unpaired) electrons. The molecule has 4 aromatic heterocycles. The van der Waals surface area contributed by atoms with Crippen LogP contribution in [-0.2, 0) is 26.5 Å². The number of aryl methyl sites for hydroxylation is 3. The van der Waals surface area contributed by atoms with Gasteiger partial charge in [-0.1, -0.05) is 100 Å². The SMILES string of the molecule is CC(C)Cc1cc(-c2[c-]cccc2)nc[c]1[Ge]([CH3])([CH3])[CH3].Cc1cccc(C)c1-c1ccc2c(n1)oc1c(-c3nc4ccccc4n3-c3c(C(C)C)cc4ccccc4c3C(C)C)[c-]cc(C)c12.[Ir]. The van der Waals surface area contributed by atoms with Crippen LogP contribution in [-0.4, -0.2) is 32.8 Å². The van der Waals surface area contributed by atoms with Gasteiger partial charge in [-0.25, -0.2) is 4.98 Å². The van der Waals surface area contributed by atoms with Gasteiger partial charge in [-0.3, -0.25) is 4.98 Å². The van der Waals surface area contributed by atoms with Gasteiger partial charge >= 0.3 is 126 Å². The fourth-order valence-corrected chi connectivity index (χ4v) is 13.3. The number of aromatic nitrogens is 4. The van der Waals surface area contributed by atoms with Crippen molar-refractivity contribution < 1.29 is 24.5 Å². The Bertz CT molecular complexity index is 3430. The summed E-state index contributed by atoms with van der Waals surface area (Å²) in [7, 11) is 0. The summed E-state index contributed by atoms with van der Waals surface area (Å²) in [6, 6.07) is 49.6. The zero-order chi connectivity index (χ0) is 47.3. The molecule has 0 aliphatic heterocycles. The number of hydrogen-bond donors (Lipinski definition) is 0. The van der Waals surface area contributed by atoms with Crippen molar-refractivity contribution >= 4 is 61.5 Å². The molecule has 347 valence electrons. The third-order valence-electron chi connectivity index (χ3n) is 13.1. The van der Waals surface area contributed by atoms with E-state index in [1.807, 2.05) is 18.2 Å². The van der Waals surface area contributed by atoms with Crippen LogP contribution in [0.1, 0.15) is 86.8 Å². The molecular formula is C61H62GeIrN4O-2. The predicted molar refractivity (Wildman–Crippen MR) is 286 cm³/mol. The van der Waals surface area contributed by atoms with E-state index in [-0.39, 0.29) is 26.0 Å². The maximum absolute atomic E-state index is 6.78. The van der Waals surface area contributed by atoms with Crippen molar-refractivity contribution in [3.05, 3.63) is 173 Å². The minimum atomic E-state index is -1.86. The number of imidazole rings is 1. The average molecular weight is 1130 g/mol. The maximum atomic E-state index is 6.78. The van der Waals surface area contributed by atoms with Gasteiger partial charge in [-0.2, -0.15) is 0 Å². The van der Waals surface area contributed by atoms with Crippen LogP contribution < -0.4 is 4.40 Å². The molecule has 0 fully saturated rings. The van der Waals surface area contributed by atoms with Crippen molar-refractivity contribution in [1.29, 1.82) is 0 Å². The topological polar surface area (TPSA) is 56.7 Å². The van der Waals surface area contributed by atoms with E-state index < -0.39 is 13.3 Å². The summed E-state index contributed by atoms with van der Waals surface area (Å²) in [5, 5.41) is 4.60. The molecule has 0 bridgehead atoms. The normalized spacial score (nSPS) is 11.9. The molecule has 0 spiro atoms. The standard InChI is InChI=1S/C43H38N3O.C18H24GeN.Ir/c1-24(2)33-23-29-15-8-9-16-30(29)37(25(3)4)40(33)46-36-18-11-10-17-34(36)44-42(46)32-20-19-28(7)39-31-21-22-35(45-43(31)47-41(32)39)38-26(5)13-12-14-27(38)6;1-14(2)11-16-12-18(15-9-7-6-8-10-15)20-13-17(16)19(3,4)5;/h8-19,21-25H,1-7H3;6-9,12-14H,11H2,1-5H3;/q2*-1;. The van der Waals surface area contributed by atoms with Gasteiger partial charge < -0.3 is 8.98 Å². The molecule has 0 N–H and O–H groups in total. The Morgan fingerprint density at radius 2 is 1.41 bits per heavy atom. The largest absolute Gasteiger partial charge is 0.486 e. The smallest absolute Gasteiger partial charge is 0.216 e. The molecule has 4 heterocycles. The van der Waals surface area contributed by atoms with Crippen molar-refractivity contribution in [2.75, 3.05) is 0 Å². The number of rotatable bonds is 9. The summed E-state index contributed by atoms with van der Waals surface area (Å²) < 4.78 is 10.7. The summed E-state index contributed by atoms with van der Waals surface area (Å²) in [4.78, 5) is 15.1. The summed E-state index contributed by atoms with van der Waals surface area (Å²) >= 11 is -1.86. The van der Waals surface area contributed by atoms with Gasteiger partial charge in [0, 0.05) is 36.7 Å². The second kappa shape index (κ2) is 19.8. The molecule has 5 nitrogen and oxygen atoms in total. The molecule has 0 saturated heterocycles. The van der Waals surface area contributed by atoms with Crippen LogP contribution in [0.4, 0.5) is 0 Å². The molecule has 0 atom stereocenters. The van der Waals surface area contributed by atoms with Crippen LogP contribution in [0.5, 0.6) is 0 Å². The van der Waals surface area contributed by atoms with E-state index in [0.29, 0.717) is 17.5 Å². The molecule has 0 saturated carbocycles. The third kappa shape index (κ3) is 9.28. The van der Waals surface area contributed by atoms with Crippen LogP contribution in [0, 0.1) is 38.8 Å².